The maximum absolute atomic E-state index is 11.4. The van der Waals surface area contributed by atoms with Gasteiger partial charge in [-0.05, 0) is 26.0 Å². The van der Waals surface area contributed by atoms with Gasteiger partial charge in [-0.3, -0.25) is 4.79 Å². The lowest BCUT2D eigenvalue weighted by atomic mass is 10.3. The molecule has 0 aromatic heterocycles. The molecule has 0 bridgehead atoms. The molecule has 3 N–H and O–H groups in total. The largest absolute Gasteiger partial charge is 0.397 e. The van der Waals surface area contributed by atoms with Gasteiger partial charge in [-0.2, -0.15) is 0 Å². The van der Waals surface area contributed by atoms with Crippen molar-refractivity contribution in [3.63, 3.8) is 0 Å². The number of halogens is 1. The second-order valence-corrected chi connectivity index (χ2v) is 3.50. The third-order valence-corrected chi connectivity index (χ3v) is 1.78. The first-order chi connectivity index (χ1) is 7.09. The van der Waals surface area contributed by atoms with Crippen LogP contribution < -0.4 is 11.1 Å². The molecular formula is C11H17ClN2O2. The van der Waals surface area contributed by atoms with Crippen LogP contribution in [0.4, 0.5) is 11.4 Å². The van der Waals surface area contributed by atoms with Crippen molar-refractivity contribution in [1.82, 2.24) is 0 Å². The molecule has 4 nitrogen and oxygen atoms in total. The highest BCUT2D eigenvalue weighted by Crippen LogP contribution is 2.16. The molecule has 16 heavy (non-hydrogen) atoms. The number of nitrogens with two attached hydrogens (primary N) is 1. The summed E-state index contributed by atoms with van der Waals surface area (Å²) in [6.07, 6.45) is 0.0453. The molecule has 0 unspecified atom stereocenters. The van der Waals surface area contributed by atoms with Crippen molar-refractivity contribution >= 4 is 29.7 Å². The monoisotopic (exact) mass is 244 g/mol. The van der Waals surface area contributed by atoms with E-state index in [2.05, 4.69) is 5.32 Å². The Morgan fingerprint density at radius 1 is 1.44 bits per heavy atom. The summed E-state index contributed by atoms with van der Waals surface area (Å²) in [4.78, 5) is 11.4. The first-order valence-corrected chi connectivity index (χ1v) is 4.85. The lowest BCUT2D eigenvalue weighted by Gasteiger charge is -2.09. The van der Waals surface area contributed by atoms with Crippen LogP contribution in [0.15, 0.2) is 24.3 Å². The number of hydrogen-bond acceptors (Lipinski definition) is 3. The highest BCUT2D eigenvalue weighted by atomic mass is 35.5. The number of carbonyl (C=O) groups excluding carboxylic acids is 1. The van der Waals surface area contributed by atoms with Gasteiger partial charge in [0.2, 0.25) is 5.91 Å². The average molecular weight is 245 g/mol. The number of nitrogens with one attached hydrogen (secondary N) is 1. The molecule has 0 spiro atoms. The Morgan fingerprint density at radius 3 is 2.62 bits per heavy atom. The van der Waals surface area contributed by atoms with Crippen molar-refractivity contribution in [3.05, 3.63) is 24.3 Å². The van der Waals surface area contributed by atoms with E-state index in [0.717, 1.165) is 0 Å². The predicted octanol–water partition coefficient (Wildman–Crippen LogP) is 2.05. The van der Waals surface area contributed by atoms with E-state index in [9.17, 15) is 4.79 Å². The summed E-state index contributed by atoms with van der Waals surface area (Å²) in [5.74, 6) is -0.193. The van der Waals surface area contributed by atoms with E-state index in [0.29, 0.717) is 11.4 Å². The average Bonchev–Trinajstić information content (AvgIpc) is 2.18. The van der Waals surface area contributed by atoms with E-state index >= 15 is 0 Å². The fourth-order valence-electron chi connectivity index (χ4n) is 1.04. The smallest absolute Gasteiger partial charge is 0.250 e. The van der Waals surface area contributed by atoms with Crippen LogP contribution in [-0.2, 0) is 9.53 Å². The third-order valence-electron chi connectivity index (χ3n) is 1.78. The van der Waals surface area contributed by atoms with Crippen LogP contribution in [0.1, 0.15) is 13.8 Å². The van der Waals surface area contributed by atoms with Crippen molar-refractivity contribution in [2.45, 2.75) is 20.0 Å². The molecule has 0 radical (unpaired) electrons. The van der Waals surface area contributed by atoms with Crippen LogP contribution in [0.5, 0.6) is 0 Å². The van der Waals surface area contributed by atoms with Crippen molar-refractivity contribution < 1.29 is 9.53 Å². The van der Waals surface area contributed by atoms with Gasteiger partial charge in [0.1, 0.15) is 6.61 Å². The number of amides is 1. The van der Waals surface area contributed by atoms with Gasteiger partial charge in [-0.25, -0.2) is 0 Å². The van der Waals surface area contributed by atoms with Gasteiger partial charge >= 0.3 is 0 Å². The minimum absolute atomic E-state index is 0. The topological polar surface area (TPSA) is 64.3 Å². The van der Waals surface area contributed by atoms with Crippen LogP contribution >= 0.6 is 12.4 Å². The zero-order chi connectivity index (χ0) is 11.3. The van der Waals surface area contributed by atoms with Gasteiger partial charge in [0.25, 0.3) is 0 Å². The number of hydrogen-bond donors (Lipinski definition) is 2. The highest BCUT2D eigenvalue weighted by Gasteiger charge is 2.05. The van der Waals surface area contributed by atoms with Crippen LogP contribution in [0.25, 0.3) is 0 Å². The second kappa shape index (κ2) is 7.09. The number of carbonyl (C=O) groups is 1. The zero-order valence-electron chi connectivity index (χ0n) is 9.40. The summed E-state index contributed by atoms with van der Waals surface area (Å²) >= 11 is 0. The Morgan fingerprint density at radius 2 is 2.06 bits per heavy atom. The van der Waals surface area contributed by atoms with Crippen LogP contribution in [-0.4, -0.2) is 18.6 Å². The van der Waals surface area contributed by atoms with E-state index in [4.69, 9.17) is 10.5 Å². The fraction of sp³-hybridized carbons (Fsp3) is 0.364. The van der Waals surface area contributed by atoms with Crippen LogP contribution in [0.3, 0.4) is 0 Å². The van der Waals surface area contributed by atoms with Crippen LogP contribution in [0.2, 0.25) is 0 Å². The van der Waals surface area contributed by atoms with Crippen molar-refractivity contribution in [1.29, 1.82) is 0 Å². The molecule has 0 fully saturated rings. The Bertz CT molecular complexity index is 343. The molecule has 0 saturated carbocycles. The summed E-state index contributed by atoms with van der Waals surface area (Å²) in [6.45, 7) is 3.81. The van der Waals surface area contributed by atoms with E-state index in [1.165, 1.54) is 0 Å². The lowest BCUT2D eigenvalue weighted by molar-refractivity contribution is -0.121. The van der Waals surface area contributed by atoms with Crippen LogP contribution in [0, 0.1) is 0 Å². The van der Waals surface area contributed by atoms with Gasteiger partial charge in [-0.15, -0.1) is 12.4 Å². The zero-order valence-corrected chi connectivity index (χ0v) is 10.2. The summed E-state index contributed by atoms with van der Waals surface area (Å²) < 4.78 is 5.16. The van der Waals surface area contributed by atoms with Gasteiger partial charge in [0, 0.05) is 0 Å². The lowest BCUT2D eigenvalue weighted by Crippen LogP contribution is -2.21. The van der Waals surface area contributed by atoms with Crippen molar-refractivity contribution in [3.8, 4) is 0 Å². The molecule has 1 rings (SSSR count). The number of anilines is 2. The molecular weight excluding hydrogens is 228 g/mol. The first-order valence-electron chi connectivity index (χ1n) is 4.85. The molecule has 0 atom stereocenters. The van der Waals surface area contributed by atoms with Crippen molar-refractivity contribution in [2.24, 2.45) is 0 Å². The molecule has 0 saturated heterocycles. The standard InChI is InChI=1S/C11H16N2O2.ClH/c1-8(2)15-7-11(14)13-10-6-4-3-5-9(10)12;/h3-6,8H,7,12H2,1-2H3,(H,13,14);1H. The maximum Gasteiger partial charge on any atom is 0.250 e. The van der Waals surface area contributed by atoms with Crippen molar-refractivity contribution in [2.75, 3.05) is 17.7 Å². The Kier molecular flexibility index (Phi) is 6.53. The normalized spacial score (nSPS) is 9.69. The minimum Gasteiger partial charge on any atom is -0.397 e. The Hall–Kier alpha value is -1.26. The number of para-hydroxylation sites is 2. The number of ether oxygens (including phenoxy) is 1. The number of nitrogen functional groups attached to an aromatic ring is 1. The highest BCUT2D eigenvalue weighted by molar-refractivity contribution is 5.94. The summed E-state index contributed by atoms with van der Waals surface area (Å²) in [6, 6.07) is 7.12. The predicted molar refractivity (Wildman–Crippen MR) is 67.8 cm³/mol. The molecule has 0 heterocycles. The van der Waals surface area contributed by atoms with E-state index < -0.39 is 0 Å². The summed E-state index contributed by atoms with van der Waals surface area (Å²) in [5.41, 5.74) is 6.84. The summed E-state index contributed by atoms with van der Waals surface area (Å²) in [5, 5.41) is 2.68. The summed E-state index contributed by atoms with van der Waals surface area (Å²) in [7, 11) is 0. The van der Waals surface area contributed by atoms with E-state index in [1.807, 2.05) is 26.0 Å². The first kappa shape index (κ1) is 14.7. The quantitative estimate of drug-likeness (QED) is 0.797. The molecule has 1 amide bonds. The molecule has 0 aliphatic rings. The molecule has 90 valence electrons. The number of rotatable bonds is 4. The fourth-order valence-corrected chi connectivity index (χ4v) is 1.04. The Balaban J connectivity index is 0.00000225. The molecule has 0 aliphatic carbocycles. The van der Waals surface area contributed by atoms with E-state index in [1.54, 1.807) is 12.1 Å². The second-order valence-electron chi connectivity index (χ2n) is 3.50. The van der Waals surface area contributed by atoms with Gasteiger partial charge in [0.15, 0.2) is 0 Å². The van der Waals surface area contributed by atoms with Gasteiger partial charge in [0.05, 0.1) is 17.5 Å². The Labute approximate surface area is 102 Å². The van der Waals surface area contributed by atoms with Gasteiger partial charge in [-0.1, -0.05) is 12.1 Å². The molecule has 1 aromatic rings. The minimum atomic E-state index is -0.193. The number of benzene rings is 1. The molecule has 0 aliphatic heterocycles. The van der Waals surface area contributed by atoms with Gasteiger partial charge < -0.3 is 15.8 Å². The molecule has 1 aromatic carbocycles. The molecule has 5 heteroatoms. The van der Waals surface area contributed by atoms with E-state index in [-0.39, 0.29) is 31.0 Å². The third kappa shape index (κ3) is 5.00. The SMILES string of the molecule is CC(C)OCC(=O)Nc1ccccc1N.Cl. The maximum atomic E-state index is 11.4.